The minimum absolute atomic E-state index is 0.165. The van der Waals surface area contributed by atoms with Crippen molar-refractivity contribution in [2.45, 2.75) is 81.8 Å². The van der Waals surface area contributed by atoms with Crippen molar-refractivity contribution in [3.63, 3.8) is 0 Å². The normalized spacial score (nSPS) is 32.9. The van der Waals surface area contributed by atoms with Crippen LogP contribution < -0.4 is 10.5 Å². The number of carbonyl (C=O) groups is 2. The zero-order valence-corrected chi connectivity index (χ0v) is 24.7. The van der Waals surface area contributed by atoms with Gasteiger partial charge in [0.15, 0.2) is 0 Å². The summed E-state index contributed by atoms with van der Waals surface area (Å²) in [6.45, 7) is 2.75. The van der Waals surface area contributed by atoms with Crippen LogP contribution in [0.2, 0.25) is 0 Å². The molecule has 3 aliphatic heterocycles. The van der Waals surface area contributed by atoms with Gasteiger partial charge < -0.3 is 24.8 Å². The maximum absolute atomic E-state index is 14.9. The number of piperidine rings is 1. The molecular formula is C35H40N4O3. The molecule has 4 heterocycles. The minimum atomic E-state index is -0.478. The lowest BCUT2D eigenvalue weighted by atomic mass is 9.53. The van der Waals surface area contributed by atoms with Gasteiger partial charge in [0.25, 0.3) is 0 Å². The molecule has 5 fully saturated rings. The molecule has 6 aliphatic rings. The van der Waals surface area contributed by atoms with Crippen LogP contribution in [0.3, 0.4) is 0 Å². The zero-order chi connectivity index (χ0) is 28.5. The molecule has 2 saturated heterocycles. The molecule has 3 aromatic rings. The number of primary amides is 1. The highest BCUT2D eigenvalue weighted by Crippen LogP contribution is 2.69. The van der Waals surface area contributed by atoms with Crippen LogP contribution in [0.25, 0.3) is 22.2 Å². The van der Waals surface area contributed by atoms with Gasteiger partial charge in [-0.05, 0) is 86.5 Å². The molecule has 0 bridgehead atoms. The Balaban J connectivity index is 1.25. The van der Waals surface area contributed by atoms with E-state index in [1.54, 1.807) is 7.11 Å². The summed E-state index contributed by atoms with van der Waals surface area (Å²) in [6, 6.07) is 13.2. The molecule has 2 amide bonds. The number of ether oxygens (including phenoxy) is 1. The molecule has 218 valence electrons. The smallest absolute Gasteiger partial charge is 0.248 e. The van der Waals surface area contributed by atoms with Gasteiger partial charge in [-0.3, -0.25) is 9.59 Å². The van der Waals surface area contributed by atoms with Crippen molar-refractivity contribution >= 4 is 22.7 Å². The van der Waals surface area contributed by atoms with E-state index in [1.807, 2.05) is 12.1 Å². The molecule has 42 heavy (non-hydrogen) atoms. The number of rotatable bonds is 4. The Morgan fingerprint density at radius 3 is 2.57 bits per heavy atom. The number of methoxy groups -OCH3 is 1. The number of fused-ring (bicyclic) bond motifs is 7. The molecule has 0 radical (unpaired) electrons. The highest BCUT2D eigenvalue weighted by Gasteiger charge is 2.74. The third-order valence-electron chi connectivity index (χ3n) is 12.4. The molecule has 7 heteroatoms. The van der Waals surface area contributed by atoms with Crippen LogP contribution in [0, 0.1) is 10.8 Å². The molecular weight excluding hydrogens is 524 g/mol. The molecule has 9 rings (SSSR count). The van der Waals surface area contributed by atoms with Gasteiger partial charge in [-0.1, -0.05) is 25.3 Å². The maximum Gasteiger partial charge on any atom is 0.248 e. The second-order valence-corrected chi connectivity index (χ2v) is 14.4. The number of hydrogen-bond acceptors (Lipinski definition) is 4. The number of hydrogen-bond donors (Lipinski definition) is 1. The maximum atomic E-state index is 14.9. The van der Waals surface area contributed by atoms with Crippen LogP contribution >= 0.6 is 0 Å². The van der Waals surface area contributed by atoms with Crippen molar-refractivity contribution in [2.75, 3.05) is 27.2 Å². The number of amides is 2. The van der Waals surface area contributed by atoms with Crippen LogP contribution in [0.1, 0.15) is 84.7 Å². The van der Waals surface area contributed by atoms with E-state index in [1.165, 1.54) is 66.3 Å². The molecule has 2 N–H and O–H groups in total. The fourth-order valence-corrected chi connectivity index (χ4v) is 10.3. The summed E-state index contributed by atoms with van der Waals surface area (Å²) in [5.41, 5.74) is 12.4. The fourth-order valence-electron chi connectivity index (χ4n) is 10.3. The first-order valence-electron chi connectivity index (χ1n) is 16.0. The number of nitrogens with two attached hydrogens (primary N) is 1. The molecule has 7 nitrogen and oxygen atoms in total. The van der Waals surface area contributed by atoms with E-state index in [0.717, 1.165) is 37.2 Å². The van der Waals surface area contributed by atoms with Crippen molar-refractivity contribution in [1.29, 1.82) is 0 Å². The van der Waals surface area contributed by atoms with E-state index in [9.17, 15) is 9.59 Å². The number of nitrogens with zero attached hydrogens (tertiary/aromatic N) is 3. The minimum Gasteiger partial charge on any atom is -0.497 e. The number of likely N-dealkylation sites (N-methyl/N-ethyl adjacent to an activating group) is 1. The average molecular weight is 565 g/mol. The van der Waals surface area contributed by atoms with Crippen molar-refractivity contribution in [2.24, 2.45) is 16.6 Å². The number of benzene rings is 2. The molecule has 1 spiro atoms. The second kappa shape index (κ2) is 8.40. The summed E-state index contributed by atoms with van der Waals surface area (Å²) in [5, 5.41) is 1.21. The fraction of sp³-hybridized carbons (Fsp3) is 0.543. The SMILES string of the molecule is COc1ccc2c(c1)C1CC1(C(=O)N1C3CCC34CN(C)CC14)Cn1c-2c(C2CCCCC2)c2ccc(C(N)=O)cc21. The van der Waals surface area contributed by atoms with Gasteiger partial charge in [-0.2, -0.15) is 0 Å². The lowest BCUT2D eigenvalue weighted by molar-refractivity contribution is -0.198. The summed E-state index contributed by atoms with van der Waals surface area (Å²) in [7, 11) is 3.94. The molecule has 5 unspecified atom stereocenters. The molecule has 1 aromatic heterocycles. The van der Waals surface area contributed by atoms with E-state index >= 15 is 0 Å². The first kappa shape index (κ1) is 25.2. The Morgan fingerprint density at radius 2 is 1.83 bits per heavy atom. The van der Waals surface area contributed by atoms with E-state index in [4.69, 9.17) is 10.5 Å². The van der Waals surface area contributed by atoms with Gasteiger partial charge in [-0.15, -0.1) is 0 Å². The van der Waals surface area contributed by atoms with Gasteiger partial charge in [-0.25, -0.2) is 0 Å². The van der Waals surface area contributed by atoms with Crippen LogP contribution in [0.15, 0.2) is 36.4 Å². The largest absolute Gasteiger partial charge is 0.497 e. The van der Waals surface area contributed by atoms with Crippen molar-refractivity contribution in [3.05, 3.63) is 53.1 Å². The molecule has 2 aromatic carbocycles. The first-order chi connectivity index (χ1) is 20.4. The van der Waals surface area contributed by atoms with E-state index in [0.29, 0.717) is 41.4 Å². The summed E-state index contributed by atoms with van der Waals surface area (Å²) >= 11 is 0. The van der Waals surface area contributed by atoms with E-state index in [-0.39, 0.29) is 5.92 Å². The number of carbonyl (C=O) groups excluding carboxylic acids is 2. The summed E-state index contributed by atoms with van der Waals surface area (Å²) in [6.07, 6.45) is 9.36. The van der Waals surface area contributed by atoms with Gasteiger partial charge >= 0.3 is 0 Å². The van der Waals surface area contributed by atoms with E-state index < -0.39 is 11.3 Å². The molecule has 5 atom stereocenters. The lowest BCUT2D eigenvalue weighted by Crippen LogP contribution is -2.78. The van der Waals surface area contributed by atoms with Crippen LogP contribution in [0.5, 0.6) is 5.75 Å². The standard InChI is InChI=1S/C35H40N4O3/c1-37-17-29-34(18-37)13-12-28(34)39(29)33(41)35-16-26(35)25-15-22(42-2)9-11-23(25)31-30(20-6-4-3-5-7-20)24-10-8-21(32(36)40)14-27(24)38(31)19-35/h8-11,14-15,20,26,28-29H,3-7,12-13,16-19H2,1-2H3,(H2,36,40). The van der Waals surface area contributed by atoms with Gasteiger partial charge in [0.05, 0.1) is 24.3 Å². The van der Waals surface area contributed by atoms with Crippen LogP contribution in [-0.4, -0.2) is 65.5 Å². The Bertz CT molecular complexity index is 1690. The summed E-state index contributed by atoms with van der Waals surface area (Å²) in [5.74, 6) is 1.42. The highest BCUT2D eigenvalue weighted by molar-refractivity contribution is 6.01. The first-order valence-corrected chi connectivity index (χ1v) is 16.0. The zero-order valence-electron chi connectivity index (χ0n) is 24.7. The van der Waals surface area contributed by atoms with E-state index in [2.05, 4.69) is 45.7 Å². The third-order valence-corrected chi connectivity index (χ3v) is 12.4. The number of likely N-dealkylation sites (tertiary alicyclic amines) is 2. The third kappa shape index (κ3) is 3.05. The Hall–Kier alpha value is -3.32. The number of aromatic nitrogens is 1. The Kier molecular flexibility index (Phi) is 5.04. The topological polar surface area (TPSA) is 80.8 Å². The van der Waals surface area contributed by atoms with Gasteiger partial charge in [0.2, 0.25) is 11.8 Å². The predicted octanol–water partition coefficient (Wildman–Crippen LogP) is 5.26. The van der Waals surface area contributed by atoms with Crippen LogP contribution in [-0.2, 0) is 11.3 Å². The predicted molar refractivity (Wildman–Crippen MR) is 162 cm³/mol. The van der Waals surface area contributed by atoms with Crippen molar-refractivity contribution < 1.29 is 14.3 Å². The second-order valence-electron chi connectivity index (χ2n) is 14.4. The van der Waals surface area contributed by atoms with Gasteiger partial charge in [0, 0.05) is 59.0 Å². The van der Waals surface area contributed by atoms with Crippen molar-refractivity contribution in [3.8, 4) is 17.0 Å². The lowest BCUT2D eigenvalue weighted by Gasteiger charge is -2.68. The quantitative estimate of drug-likeness (QED) is 0.469. The van der Waals surface area contributed by atoms with Crippen LogP contribution in [0.4, 0.5) is 0 Å². The molecule has 3 saturated carbocycles. The average Bonchev–Trinajstić information content (AvgIpc) is 3.54. The van der Waals surface area contributed by atoms with Crippen molar-refractivity contribution in [1.82, 2.24) is 14.4 Å². The molecule has 3 aliphatic carbocycles. The summed E-state index contributed by atoms with van der Waals surface area (Å²) < 4.78 is 8.17. The monoisotopic (exact) mass is 564 g/mol. The highest BCUT2D eigenvalue weighted by atomic mass is 16.5. The Labute approximate surface area is 247 Å². The van der Waals surface area contributed by atoms with Gasteiger partial charge in [0.1, 0.15) is 5.75 Å². The summed E-state index contributed by atoms with van der Waals surface area (Å²) in [4.78, 5) is 32.0. The Morgan fingerprint density at radius 1 is 1.00 bits per heavy atom.